The highest BCUT2D eigenvalue weighted by Gasteiger charge is 2.32. The number of piperidine rings is 1. The Kier molecular flexibility index (Phi) is 7.94. The van der Waals surface area contributed by atoms with Crippen molar-refractivity contribution in [3.05, 3.63) is 40.2 Å². The summed E-state index contributed by atoms with van der Waals surface area (Å²) in [4.78, 5) is 42.1. The van der Waals surface area contributed by atoms with Crippen LogP contribution in [0.5, 0.6) is 0 Å². The van der Waals surface area contributed by atoms with Gasteiger partial charge in [0.1, 0.15) is 5.56 Å². The molecule has 202 valence electrons. The Hall–Kier alpha value is -2.92. The van der Waals surface area contributed by atoms with Gasteiger partial charge in [0, 0.05) is 57.4 Å². The SMILES string of the molecule is CCOC(=O)N1CCN(C(=O)c2cn(CC)c3ccc(S(=O)(=O)N4C[C@@H](C)C[C@H](C)C4)cc3c2=O)CC1. The van der Waals surface area contributed by atoms with Gasteiger partial charge in [0.25, 0.3) is 5.91 Å². The van der Waals surface area contributed by atoms with Crippen LogP contribution in [0.15, 0.2) is 34.1 Å². The number of benzene rings is 1. The molecule has 10 nitrogen and oxygen atoms in total. The molecular formula is C26H36N4O6S. The molecule has 4 rings (SSSR count). The Morgan fingerprint density at radius 1 is 1.00 bits per heavy atom. The molecule has 2 amide bonds. The summed E-state index contributed by atoms with van der Waals surface area (Å²) in [6.45, 7) is 10.6. The molecule has 0 N–H and O–H groups in total. The second-order valence-electron chi connectivity index (χ2n) is 10.1. The maximum atomic E-state index is 13.5. The summed E-state index contributed by atoms with van der Waals surface area (Å²) in [5.41, 5.74) is 0.0826. The topological polar surface area (TPSA) is 109 Å². The van der Waals surface area contributed by atoms with Crippen molar-refractivity contribution < 1.29 is 22.7 Å². The maximum Gasteiger partial charge on any atom is 0.409 e. The molecule has 0 saturated carbocycles. The van der Waals surface area contributed by atoms with Crippen LogP contribution < -0.4 is 5.43 Å². The average Bonchev–Trinajstić information content (AvgIpc) is 2.88. The number of aryl methyl sites for hydroxylation is 1. The average molecular weight is 533 g/mol. The molecule has 11 heteroatoms. The summed E-state index contributed by atoms with van der Waals surface area (Å²) < 4.78 is 35.3. The van der Waals surface area contributed by atoms with Crippen LogP contribution in [0.2, 0.25) is 0 Å². The van der Waals surface area contributed by atoms with Gasteiger partial charge >= 0.3 is 6.09 Å². The van der Waals surface area contributed by atoms with Crippen LogP contribution in [0.25, 0.3) is 10.9 Å². The Morgan fingerprint density at radius 3 is 2.22 bits per heavy atom. The van der Waals surface area contributed by atoms with Crippen LogP contribution in [-0.2, 0) is 21.3 Å². The minimum atomic E-state index is -3.79. The van der Waals surface area contributed by atoms with Crippen molar-refractivity contribution in [2.75, 3.05) is 45.9 Å². The van der Waals surface area contributed by atoms with Crippen LogP contribution in [0.3, 0.4) is 0 Å². The lowest BCUT2D eigenvalue weighted by Gasteiger charge is -2.34. The molecule has 0 unspecified atom stereocenters. The van der Waals surface area contributed by atoms with Gasteiger partial charge in [-0.2, -0.15) is 4.31 Å². The lowest BCUT2D eigenvalue weighted by Crippen LogP contribution is -2.51. The van der Waals surface area contributed by atoms with E-state index in [1.165, 1.54) is 15.3 Å². The number of pyridine rings is 1. The van der Waals surface area contributed by atoms with E-state index in [1.807, 2.05) is 20.8 Å². The van der Waals surface area contributed by atoms with Gasteiger partial charge in [-0.15, -0.1) is 0 Å². The summed E-state index contributed by atoms with van der Waals surface area (Å²) in [6, 6.07) is 4.61. The smallest absolute Gasteiger partial charge is 0.409 e. The fraction of sp³-hybridized carbons (Fsp3) is 0.577. The first-order chi connectivity index (χ1) is 17.6. The molecule has 0 aliphatic carbocycles. The Labute approximate surface area is 217 Å². The van der Waals surface area contributed by atoms with Crippen molar-refractivity contribution in [1.29, 1.82) is 0 Å². The standard InChI is InChI=1S/C26H36N4O6S/c1-5-27-17-22(25(32)28-9-11-29(12-10-28)26(33)36-6-2)24(31)21-14-20(7-8-23(21)27)37(34,35)30-15-18(3)13-19(4)16-30/h7-8,14,17-19H,5-6,9-13,15-16H2,1-4H3/t18-,19-/m0/s1. The first-order valence-corrected chi connectivity index (χ1v) is 14.4. The van der Waals surface area contributed by atoms with Gasteiger partial charge in [0.15, 0.2) is 0 Å². The van der Waals surface area contributed by atoms with Crippen molar-refractivity contribution >= 4 is 32.9 Å². The molecule has 0 spiro atoms. The summed E-state index contributed by atoms with van der Waals surface area (Å²) in [6.07, 6.45) is 2.11. The van der Waals surface area contributed by atoms with Crippen LogP contribution in [0.1, 0.15) is 44.5 Å². The van der Waals surface area contributed by atoms with E-state index in [4.69, 9.17) is 4.74 Å². The van der Waals surface area contributed by atoms with E-state index in [1.54, 1.807) is 34.7 Å². The van der Waals surface area contributed by atoms with Crippen molar-refractivity contribution in [3.8, 4) is 0 Å². The Morgan fingerprint density at radius 2 is 1.62 bits per heavy atom. The van der Waals surface area contributed by atoms with E-state index >= 15 is 0 Å². The molecule has 2 aliphatic rings. The Bertz CT molecular complexity index is 1340. The summed E-state index contributed by atoms with van der Waals surface area (Å²) >= 11 is 0. The number of amides is 2. The molecule has 2 fully saturated rings. The predicted octanol–water partition coefficient (Wildman–Crippen LogP) is 2.60. The number of hydrogen-bond acceptors (Lipinski definition) is 6. The zero-order chi connectivity index (χ0) is 26.9. The number of carbonyl (C=O) groups excluding carboxylic acids is 2. The first kappa shape index (κ1) is 27.1. The molecule has 0 radical (unpaired) electrons. The number of rotatable bonds is 5. The molecule has 1 aromatic carbocycles. The van der Waals surface area contributed by atoms with Crippen molar-refractivity contribution in [2.24, 2.45) is 11.8 Å². The molecule has 2 atom stereocenters. The normalized spacial score (nSPS) is 21.3. The number of sulfonamides is 1. The second-order valence-corrected chi connectivity index (χ2v) is 12.0. The van der Waals surface area contributed by atoms with Gasteiger partial charge < -0.3 is 19.1 Å². The van der Waals surface area contributed by atoms with E-state index in [-0.39, 0.29) is 47.4 Å². The minimum absolute atomic E-state index is 0.00583. The molecule has 1 aromatic heterocycles. The number of aromatic nitrogens is 1. The van der Waals surface area contributed by atoms with Gasteiger partial charge in [-0.05, 0) is 50.3 Å². The van der Waals surface area contributed by atoms with E-state index in [2.05, 4.69) is 0 Å². The number of hydrogen-bond donors (Lipinski definition) is 0. The minimum Gasteiger partial charge on any atom is -0.450 e. The third-order valence-corrected chi connectivity index (χ3v) is 9.02. The third-order valence-electron chi connectivity index (χ3n) is 7.19. The molecule has 2 aromatic rings. The fourth-order valence-corrected chi connectivity index (χ4v) is 7.09. The van der Waals surface area contributed by atoms with Crippen LogP contribution in [0, 0.1) is 11.8 Å². The summed E-state index contributed by atoms with van der Waals surface area (Å²) in [5.74, 6) is 0.0826. The zero-order valence-corrected chi connectivity index (χ0v) is 22.8. The summed E-state index contributed by atoms with van der Waals surface area (Å²) in [5, 5.41) is 0.206. The highest BCUT2D eigenvalue weighted by atomic mass is 32.2. The first-order valence-electron chi connectivity index (χ1n) is 12.9. The number of carbonyl (C=O) groups is 2. The number of nitrogens with zero attached hydrogens (tertiary/aromatic N) is 4. The molecule has 2 saturated heterocycles. The van der Waals surface area contributed by atoms with Crippen LogP contribution in [0.4, 0.5) is 4.79 Å². The lowest BCUT2D eigenvalue weighted by atomic mass is 9.94. The largest absolute Gasteiger partial charge is 0.450 e. The van der Waals surface area contributed by atoms with Crippen LogP contribution in [-0.4, -0.2) is 85.0 Å². The van der Waals surface area contributed by atoms with E-state index in [0.29, 0.717) is 38.2 Å². The van der Waals surface area contributed by atoms with E-state index in [9.17, 15) is 22.8 Å². The molecule has 3 heterocycles. The highest BCUT2D eigenvalue weighted by Crippen LogP contribution is 2.28. The van der Waals surface area contributed by atoms with Gasteiger partial charge in [-0.3, -0.25) is 9.59 Å². The quantitative estimate of drug-likeness (QED) is 0.586. The monoisotopic (exact) mass is 532 g/mol. The summed E-state index contributed by atoms with van der Waals surface area (Å²) in [7, 11) is -3.79. The van der Waals surface area contributed by atoms with Crippen molar-refractivity contribution in [3.63, 3.8) is 0 Å². The van der Waals surface area contributed by atoms with Crippen molar-refractivity contribution in [1.82, 2.24) is 18.7 Å². The van der Waals surface area contributed by atoms with Crippen molar-refractivity contribution in [2.45, 2.75) is 45.6 Å². The van der Waals surface area contributed by atoms with E-state index < -0.39 is 27.5 Å². The molecule has 0 bridgehead atoms. The third kappa shape index (κ3) is 5.38. The van der Waals surface area contributed by atoms with Gasteiger partial charge in [-0.25, -0.2) is 13.2 Å². The number of piperazine rings is 1. The van der Waals surface area contributed by atoms with E-state index in [0.717, 1.165) is 6.42 Å². The molecular weight excluding hydrogens is 496 g/mol. The number of fused-ring (bicyclic) bond motifs is 1. The Balaban J connectivity index is 1.67. The fourth-order valence-electron chi connectivity index (χ4n) is 5.38. The lowest BCUT2D eigenvalue weighted by molar-refractivity contribution is 0.0569. The van der Waals surface area contributed by atoms with Crippen LogP contribution >= 0.6 is 0 Å². The second kappa shape index (κ2) is 10.8. The number of ether oxygens (including phenoxy) is 1. The zero-order valence-electron chi connectivity index (χ0n) is 22.0. The van der Waals surface area contributed by atoms with Gasteiger partial charge in [0.05, 0.1) is 17.0 Å². The molecule has 2 aliphatic heterocycles. The van der Waals surface area contributed by atoms with Gasteiger partial charge in [-0.1, -0.05) is 13.8 Å². The molecule has 37 heavy (non-hydrogen) atoms. The predicted molar refractivity (Wildman–Crippen MR) is 140 cm³/mol. The maximum absolute atomic E-state index is 13.5. The van der Waals surface area contributed by atoms with Gasteiger partial charge in [0.2, 0.25) is 15.5 Å². The highest BCUT2D eigenvalue weighted by molar-refractivity contribution is 7.89.